The Balaban J connectivity index is 1.73. The second-order valence-electron chi connectivity index (χ2n) is 4.99. The highest BCUT2D eigenvalue weighted by Gasteiger charge is 2.12. The van der Waals surface area contributed by atoms with E-state index < -0.39 is 5.97 Å². The third-order valence-electron chi connectivity index (χ3n) is 3.22. The number of carbonyl (C=O) groups is 2. The average Bonchev–Trinajstić information content (AvgIpc) is 3.08. The van der Waals surface area contributed by atoms with Crippen molar-refractivity contribution in [2.24, 2.45) is 0 Å². The number of esters is 1. The Hall–Kier alpha value is -2.34. The van der Waals surface area contributed by atoms with E-state index in [0.717, 1.165) is 16.2 Å². The molecule has 0 saturated carbocycles. The Bertz CT molecular complexity index is 637. The van der Waals surface area contributed by atoms with Crippen molar-refractivity contribution >= 4 is 23.2 Å². The highest BCUT2D eigenvalue weighted by Crippen LogP contribution is 2.17. The molecule has 0 aliphatic heterocycles. The Morgan fingerprint density at radius 2 is 1.96 bits per heavy atom. The molecule has 0 fully saturated rings. The lowest BCUT2D eigenvalue weighted by molar-refractivity contribution is -0.148. The third kappa shape index (κ3) is 5.41. The maximum atomic E-state index is 11.8. The van der Waals surface area contributed by atoms with Gasteiger partial charge in [-0.25, -0.2) is 0 Å². The van der Waals surface area contributed by atoms with Crippen molar-refractivity contribution in [2.75, 3.05) is 13.7 Å². The zero-order valence-corrected chi connectivity index (χ0v) is 13.9. The highest BCUT2D eigenvalue weighted by atomic mass is 32.1. The van der Waals surface area contributed by atoms with Crippen LogP contribution >= 0.6 is 11.3 Å². The summed E-state index contributed by atoms with van der Waals surface area (Å²) >= 11 is 1.57. The third-order valence-corrected chi connectivity index (χ3v) is 4.27. The maximum absolute atomic E-state index is 11.8. The van der Waals surface area contributed by atoms with Crippen molar-refractivity contribution in [3.8, 4) is 5.75 Å². The topological polar surface area (TPSA) is 64.6 Å². The number of rotatable bonds is 7. The van der Waals surface area contributed by atoms with E-state index >= 15 is 0 Å². The smallest absolute Gasteiger partial charge is 0.310 e. The molecule has 5 nitrogen and oxygen atoms in total. The molecule has 1 amide bonds. The van der Waals surface area contributed by atoms with Crippen LogP contribution in [-0.2, 0) is 20.7 Å². The van der Waals surface area contributed by atoms with Gasteiger partial charge < -0.3 is 14.8 Å². The first-order valence-electron chi connectivity index (χ1n) is 7.20. The molecule has 23 heavy (non-hydrogen) atoms. The summed E-state index contributed by atoms with van der Waals surface area (Å²) in [6.07, 6.45) is 0.123. The van der Waals surface area contributed by atoms with E-state index in [4.69, 9.17) is 9.47 Å². The van der Waals surface area contributed by atoms with E-state index in [9.17, 15) is 9.59 Å². The number of thiophene rings is 1. The van der Waals surface area contributed by atoms with Gasteiger partial charge in [0.1, 0.15) is 5.75 Å². The molecule has 1 aromatic carbocycles. The standard InChI is InChI=1S/C17H19NO4S/c1-12(15-4-3-9-23-15)18-16(19)11-22-17(20)10-13-5-7-14(21-2)8-6-13/h3-9,12H,10-11H2,1-2H3,(H,18,19)/t12-/m1/s1. The van der Waals surface area contributed by atoms with Crippen molar-refractivity contribution in [1.29, 1.82) is 0 Å². The van der Waals surface area contributed by atoms with E-state index in [1.54, 1.807) is 42.7 Å². The first-order chi connectivity index (χ1) is 11.1. The van der Waals surface area contributed by atoms with Crippen LogP contribution in [-0.4, -0.2) is 25.6 Å². The van der Waals surface area contributed by atoms with Crippen LogP contribution in [0.4, 0.5) is 0 Å². The summed E-state index contributed by atoms with van der Waals surface area (Å²) in [5, 5.41) is 4.75. The molecule has 0 unspecified atom stereocenters. The van der Waals surface area contributed by atoms with E-state index in [1.807, 2.05) is 24.4 Å². The average molecular weight is 333 g/mol. The molecule has 0 aliphatic carbocycles. The number of carbonyl (C=O) groups excluding carboxylic acids is 2. The molecular formula is C17H19NO4S. The number of hydrogen-bond donors (Lipinski definition) is 1. The van der Waals surface area contributed by atoms with Crippen LogP contribution < -0.4 is 10.1 Å². The summed E-state index contributed by atoms with van der Waals surface area (Å²) in [7, 11) is 1.58. The first kappa shape index (κ1) is 17.0. The number of hydrogen-bond acceptors (Lipinski definition) is 5. The molecule has 1 N–H and O–H groups in total. The summed E-state index contributed by atoms with van der Waals surface area (Å²) in [5.41, 5.74) is 0.808. The molecule has 0 spiro atoms. The quantitative estimate of drug-likeness (QED) is 0.791. The van der Waals surface area contributed by atoms with E-state index in [-0.39, 0.29) is 25.0 Å². The summed E-state index contributed by atoms with van der Waals surface area (Å²) in [4.78, 5) is 24.6. The lowest BCUT2D eigenvalue weighted by atomic mass is 10.1. The summed E-state index contributed by atoms with van der Waals surface area (Å²) < 4.78 is 10.1. The minimum Gasteiger partial charge on any atom is -0.497 e. The normalized spacial score (nSPS) is 11.6. The fraction of sp³-hybridized carbons (Fsp3) is 0.294. The van der Waals surface area contributed by atoms with Crippen molar-refractivity contribution in [2.45, 2.75) is 19.4 Å². The Labute approximate surface area is 139 Å². The van der Waals surface area contributed by atoms with Gasteiger partial charge in [0.25, 0.3) is 5.91 Å². The van der Waals surface area contributed by atoms with Gasteiger partial charge in [0.05, 0.1) is 19.6 Å². The van der Waals surface area contributed by atoms with Crippen molar-refractivity contribution < 1.29 is 19.1 Å². The van der Waals surface area contributed by atoms with E-state index in [0.29, 0.717) is 0 Å². The van der Waals surface area contributed by atoms with Crippen molar-refractivity contribution in [3.63, 3.8) is 0 Å². The summed E-state index contributed by atoms with van der Waals surface area (Å²) in [6, 6.07) is 10.9. The Kier molecular flexibility index (Phi) is 6.17. The van der Waals surface area contributed by atoms with Gasteiger partial charge in [0.15, 0.2) is 6.61 Å². The van der Waals surface area contributed by atoms with Crippen LogP contribution in [0.15, 0.2) is 41.8 Å². The molecule has 0 aliphatic rings. The van der Waals surface area contributed by atoms with Gasteiger partial charge in [-0.2, -0.15) is 0 Å². The molecule has 0 radical (unpaired) electrons. The lowest BCUT2D eigenvalue weighted by Gasteiger charge is -2.12. The molecule has 122 valence electrons. The highest BCUT2D eigenvalue weighted by molar-refractivity contribution is 7.10. The zero-order chi connectivity index (χ0) is 16.7. The van der Waals surface area contributed by atoms with E-state index in [1.165, 1.54) is 0 Å². The first-order valence-corrected chi connectivity index (χ1v) is 8.07. The van der Waals surface area contributed by atoms with Crippen LogP contribution in [0.5, 0.6) is 5.75 Å². The minimum absolute atomic E-state index is 0.0946. The predicted octanol–water partition coefficient (Wildman–Crippen LogP) is 2.72. The van der Waals surface area contributed by atoms with Gasteiger partial charge in [-0.05, 0) is 36.1 Å². The van der Waals surface area contributed by atoms with Crippen LogP contribution in [0, 0.1) is 0 Å². The van der Waals surface area contributed by atoms with Gasteiger partial charge in [0, 0.05) is 4.88 Å². The van der Waals surface area contributed by atoms with Crippen LogP contribution in [0.3, 0.4) is 0 Å². The van der Waals surface area contributed by atoms with Gasteiger partial charge in [-0.15, -0.1) is 11.3 Å². The molecule has 6 heteroatoms. The maximum Gasteiger partial charge on any atom is 0.310 e. The second kappa shape index (κ2) is 8.33. The van der Waals surface area contributed by atoms with Gasteiger partial charge >= 0.3 is 5.97 Å². The SMILES string of the molecule is COc1ccc(CC(=O)OCC(=O)N[C@H](C)c2cccs2)cc1. The molecule has 1 atom stereocenters. The lowest BCUT2D eigenvalue weighted by Crippen LogP contribution is -2.31. The number of methoxy groups -OCH3 is 1. The molecule has 0 bridgehead atoms. The molecular weight excluding hydrogens is 314 g/mol. The Morgan fingerprint density at radius 3 is 2.57 bits per heavy atom. The minimum atomic E-state index is -0.436. The van der Waals surface area contributed by atoms with Gasteiger partial charge in [0.2, 0.25) is 0 Å². The monoisotopic (exact) mass is 333 g/mol. The summed E-state index contributed by atoms with van der Waals surface area (Å²) in [5.74, 6) is -0.0212. The Morgan fingerprint density at radius 1 is 1.22 bits per heavy atom. The molecule has 2 rings (SSSR count). The van der Waals surface area contributed by atoms with Crippen LogP contribution in [0.2, 0.25) is 0 Å². The molecule has 1 aromatic heterocycles. The van der Waals surface area contributed by atoms with E-state index in [2.05, 4.69) is 5.32 Å². The number of amides is 1. The number of nitrogens with one attached hydrogen (secondary N) is 1. The number of ether oxygens (including phenoxy) is 2. The molecule has 1 heterocycles. The molecule has 2 aromatic rings. The zero-order valence-electron chi connectivity index (χ0n) is 13.1. The predicted molar refractivity (Wildman–Crippen MR) is 88.5 cm³/mol. The second-order valence-corrected chi connectivity index (χ2v) is 5.97. The summed E-state index contributed by atoms with van der Waals surface area (Å²) in [6.45, 7) is 1.62. The van der Waals surface area contributed by atoms with Gasteiger partial charge in [-0.1, -0.05) is 18.2 Å². The largest absolute Gasteiger partial charge is 0.497 e. The molecule has 0 saturated heterocycles. The fourth-order valence-corrected chi connectivity index (χ4v) is 2.73. The van der Waals surface area contributed by atoms with Crippen molar-refractivity contribution in [1.82, 2.24) is 5.32 Å². The van der Waals surface area contributed by atoms with Crippen molar-refractivity contribution in [3.05, 3.63) is 52.2 Å². The van der Waals surface area contributed by atoms with Gasteiger partial charge in [-0.3, -0.25) is 9.59 Å². The van der Waals surface area contributed by atoms with Crippen LogP contribution in [0.25, 0.3) is 0 Å². The van der Waals surface area contributed by atoms with Crippen LogP contribution in [0.1, 0.15) is 23.4 Å². The number of benzene rings is 1. The fourth-order valence-electron chi connectivity index (χ4n) is 2.00.